The monoisotopic (exact) mass is 990 g/mol. The zero-order valence-electron chi connectivity index (χ0n) is 38.9. The quantitative estimate of drug-likeness (QED) is 0.0260. The van der Waals surface area contributed by atoms with E-state index in [1.807, 2.05) is 53.1 Å². The van der Waals surface area contributed by atoms with Crippen LogP contribution < -0.4 is 2.89 Å². The summed E-state index contributed by atoms with van der Waals surface area (Å²) in [5.41, 5.74) is 2.44. The summed E-state index contributed by atoms with van der Waals surface area (Å²) < 4.78 is 64.5. The van der Waals surface area contributed by atoms with Gasteiger partial charge in [0.15, 0.2) is 0 Å². The molecule has 0 spiro atoms. The Balaban J connectivity index is 0.000000356. The van der Waals surface area contributed by atoms with Gasteiger partial charge in [-0.2, -0.15) is 0 Å². The Morgan fingerprint density at radius 3 is 1.16 bits per heavy atom. The van der Waals surface area contributed by atoms with Crippen LogP contribution in [0.2, 0.25) is 13.3 Å². The summed E-state index contributed by atoms with van der Waals surface area (Å²) >= 11 is 1.18. The van der Waals surface area contributed by atoms with E-state index < -0.39 is 30.2 Å². The minimum atomic E-state index is -2.73. The third-order valence-corrected chi connectivity index (χ3v) is 32.9. The second-order valence-corrected chi connectivity index (χ2v) is 33.9. The van der Waals surface area contributed by atoms with Crippen molar-refractivity contribution in [3.63, 3.8) is 0 Å². The second-order valence-electron chi connectivity index (χ2n) is 17.7. The van der Waals surface area contributed by atoms with Crippen molar-refractivity contribution in [1.82, 2.24) is 0 Å². The second kappa shape index (κ2) is 30.5. The molecular formula is C54H82F4S2Sn. The fourth-order valence-electron chi connectivity index (χ4n) is 8.52. The van der Waals surface area contributed by atoms with E-state index in [1.54, 1.807) is 38.5 Å². The molecule has 61 heavy (non-hydrogen) atoms. The molecule has 0 saturated heterocycles. The first-order chi connectivity index (χ1) is 29.6. The van der Waals surface area contributed by atoms with E-state index >= 15 is 0 Å². The summed E-state index contributed by atoms with van der Waals surface area (Å²) in [6, 6.07) is 22.7. The number of hydrogen-bond acceptors (Lipinski definition) is 2. The SMILES string of the molecule is CCCCCCCCCCC(F)(F)c1ccc(-c2cc[c]([Sn]([CH2]CCC)([CH2]CCC)[CH2]CCC)s2)cc1.CCCCCCCCCCC(F)(F)c1ccc(-c2cccs2)cc1. The maximum absolute atomic E-state index is 14.9. The van der Waals surface area contributed by atoms with Crippen LogP contribution in [0.15, 0.2) is 78.2 Å². The molecule has 2 heterocycles. The fraction of sp³-hybridized carbons (Fsp3) is 0.630. The summed E-state index contributed by atoms with van der Waals surface area (Å²) in [7, 11) is 0. The van der Waals surface area contributed by atoms with Crippen LogP contribution in [-0.4, -0.2) is 18.4 Å². The van der Waals surface area contributed by atoms with E-state index in [0.29, 0.717) is 12.8 Å². The van der Waals surface area contributed by atoms with Gasteiger partial charge in [-0.3, -0.25) is 0 Å². The van der Waals surface area contributed by atoms with Gasteiger partial charge in [-0.15, -0.1) is 11.3 Å². The van der Waals surface area contributed by atoms with Crippen LogP contribution in [0.4, 0.5) is 17.6 Å². The van der Waals surface area contributed by atoms with Crippen molar-refractivity contribution in [1.29, 1.82) is 0 Å². The average Bonchev–Trinajstić information content (AvgIpc) is 4.01. The van der Waals surface area contributed by atoms with Gasteiger partial charge in [0.05, 0.1) is 0 Å². The number of rotatable bonds is 32. The normalized spacial score (nSPS) is 12.1. The molecule has 0 fully saturated rings. The van der Waals surface area contributed by atoms with Gasteiger partial charge in [0.1, 0.15) is 0 Å². The summed E-state index contributed by atoms with van der Waals surface area (Å²) in [5.74, 6) is -5.44. The maximum atomic E-state index is 14.9. The van der Waals surface area contributed by atoms with Gasteiger partial charge in [0.2, 0.25) is 0 Å². The molecule has 2 aromatic heterocycles. The van der Waals surface area contributed by atoms with Gasteiger partial charge in [-0.25, -0.2) is 8.78 Å². The van der Waals surface area contributed by atoms with Crippen molar-refractivity contribution < 1.29 is 17.6 Å². The van der Waals surface area contributed by atoms with Crippen LogP contribution in [0.5, 0.6) is 0 Å². The topological polar surface area (TPSA) is 0 Å². The fourth-order valence-corrected chi connectivity index (χ4v) is 29.4. The largest absolute Gasteiger partial charge is 0.273 e. The number of alkyl halides is 4. The van der Waals surface area contributed by atoms with Crippen molar-refractivity contribution in [2.24, 2.45) is 0 Å². The van der Waals surface area contributed by atoms with Crippen molar-refractivity contribution in [3.05, 3.63) is 89.3 Å². The van der Waals surface area contributed by atoms with Crippen molar-refractivity contribution in [2.75, 3.05) is 0 Å². The third-order valence-electron chi connectivity index (χ3n) is 12.5. The van der Waals surface area contributed by atoms with Crippen molar-refractivity contribution in [3.8, 4) is 20.9 Å². The average molecular weight is 990 g/mol. The molecular weight excluding hydrogens is 907 g/mol. The van der Waals surface area contributed by atoms with E-state index in [9.17, 15) is 17.6 Å². The van der Waals surface area contributed by atoms with Crippen LogP contribution in [0.25, 0.3) is 20.9 Å². The Morgan fingerprint density at radius 2 is 0.787 bits per heavy atom. The molecule has 0 aliphatic carbocycles. The first-order valence-corrected chi connectivity index (χ1v) is 33.8. The van der Waals surface area contributed by atoms with Crippen LogP contribution >= 0.6 is 22.7 Å². The molecule has 0 amide bonds. The minimum absolute atomic E-state index is 0.0340. The zero-order chi connectivity index (χ0) is 44.2. The van der Waals surface area contributed by atoms with E-state index in [1.165, 1.54) is 121 Å². The molecule has 2 aromatic carbocycles. The van der Waals surface area contributed by atoms with Gasteiger partial charge in [0.25, 0.3) is 5.92 Å². The molecule has 0 N–H and O–H groups in total. The number of thiophene rings is 2. The van der Waals surface area contributed by atoms with Crippen LogP contribution in [0.3, 0.4) is 0 Å². The maximum Gasteiger partial charge on any atom is 0.273 e. The van der Waals surface area contributed by atoms with Crippen LogP contribution in [-0.2, 0) is 11.8 Å². The van der Waals surface area contributed by atoms with Crippen LogP contribution in [0.1, 0.15) is 200 Å². The predicted octanol–water partition coefficient (Wildman–Crippen LogP) is 20.1. The standard InChI is InChI=1S/C21H28F2S.C21H27F2S.3C4H9.Sn/c2*1-2-3-4-5-6-7-8-9-16-21(22,23)19-14-12-18(13-15-19)20-11-10-17-24-20;3*1-3-4-2;/h10-15,17H,2-9,16H2,1H3;10-15H,2-9,16H2,1H3;3*1,3-4H2,2H3;. The molecule has 342 valence electrons. The Morgan fingerprint density at radius 1 is 0.410 bits per heavy atom. The Kier molecular flexibility index (Phi) is 26.8. The summed E-state index contributed by atoms with van der Waals surface area (Å²) in [6.07, 6.45) is 25.6. The Labute approximate surface area is 383 Å². The molecule has 4 aromatic rings. The molecule has 7 heteroatoms. The smallest absolute Gasteiger partial charge is 0.201 e. The summed E-state index contributed by atoms with van der Waals surface area (Å²) in [5, 5.41) is 2.00. The van der Waals surface area contributed by atoms with Gasteiger partial charge < -0.3 is 0 Å². The van der Waals surface area contributed by atoms with E-state index in [-0.39, 0.29) is 24.0 Å². The van der Waals surface area contributed by atoms with Gasteiger partial charge >= 0.3 is 198 Å². The number of unbranched alkanes of at least 4 members (excludes halogenated alkanes) is 17. The van der Waals surface area contributed by atoms with E-state index in [2.05, 4.69) is 46.8 Å². The first-order valence-electron chi connectivity index (χ1n) is 24.7. The molecule has 0 bridgehead atoms. The molecule has 0 aliphatic rings. The van der Waals surface area contributed by atoms with Gasteiger partial charge in [0, 0.05) is 16.9 Å². The first kappa shape index (κ1) is 53.7. The predicted molar refractivity (Wildman–Crippen MR) is 266 cm³/mol. The number of benzene rings is 2. The molecule has 0 saturated carbocycles. The number of hydrogen-bond donors (Lipinski definition) is 0. The zero-order valence-corrected chi connectivity index (χ0v) is 43.4. The van der Waals surface area contributed by atoms with Crippen molar-refractivity contribution in [2.45, 2.75) is 214 Å². The molecule has 0 nitrogen and oxygen atoms in total. The van der Waals surface area contributed by atoms with E-state index in [0.717, 1.165) is 41.7 Å². The van der Waals surface area contributed by atoms with E-state index in [4.69, 9.17) is 0 Å². The molecule has 4 rings (SSSR count). The molecule has 0 unspecified atom stereocenters. The molecule has 0 atom stereocenters. The van der Waals surface area contributed by atoms with Crippen molar-refractivity contribution >= 4 is 43.9 Å². The summed E-state index contributed by atoms with van der Waals surface area (Å²) in [4.78, 5) is 2.38. The molecule has 0 radical (unpaired) electrons. The van der Waals surface area contributed by atoms with Crippen LogP contribution in [0, 0.1) is 0 Å². The Bertz CT molecular complexity index is 1620. The van der Waals surface area contributed by atoms with Gasteiger partial charge in [-0.1, -0.05) is 121 Å². The minimum Gasteiger partial charge on any atom is -0.201 e. The molecule has 0 aliphatic heterocycles. The number of halogens is 4. The summed E-state index contributed by atoms with van der Waals surface area (Å²) in [6.45, 7) is 11.4. The Hall–Kier alpha value is -1.64. The third kappa shape index (κ3) is 19.6. The van der Waals surface area contributed by atoms with Gasteiger partial charge in [-0.05, 0) is 23.4 Å².